The zero-order chi connectivity index (χ0) is 15.4. The maximum atomic E-state index is 12.0. The average Bonchev–Trinajstić information content (AvgIpc) is 2.77. The lowest BCUT2D eigenvalue weighted by Crippen LogP contribution is -2.59. The van der Waals surface area contributed by atoms with Crippen molar-refractivity contribution in [1.29, 1.82) is 0 Å². The highest BCUT2D eigenvalue weighted by Crippen LogP contribution is 2.28. The summed E-state index contributed by atoms with van der Waals surface area (Å²) in [4.78, 5) is 23.3. The second-order valence-electron chi connectivity index (χ2n) is 4.84. The fourth-order valence-electron chi connectivity index (χ4n) is 1.88. The molecule has 20 heavy (non-hydrogen) atoms. The van der Waals surface area contributed by atoms with E-state index < -0.39 is 33.5 Å². The van der Waals surface area contributed by atoms with Gasteiger partial charge in [-0.05, 0) is 25.5 Å². The highest BCUT2D eigenvalue weighted by molar-refractivity contribution is 7.99. The quantitative estimate of drug-likeness (QED) is 0.597. The maximum Gasteiger partial charge on any atom is 0.330 e. The van der Waals surface area contributed by atoms with Gasteiger partial charge in [-0.3, -0.25) is 4.79 Å². The smallest absolute Gasteiger partial charge is 0.330 e. The van der Waals surface area contributed by atoms with Crippen LogP contribution in [-0.2, 0) is 19.6 Å². The number of hydrogen-bond acceptors (Lipinski definition) is 5. The van der Waals surface area contributed by atoms with Crippen LogP contribution < -0.4 is 10.0 Å². The largest absolute Gasteiger partial charge is 0.479 e. The second-order valence-corrected chi connectivity index (χ2v) is 7.82. The molecule has 116 valence electrons. The van der Waals surface area contributed by atoms with Gasteiger partial charge in [0.15, 0.2) is 0 Å². The highest BCUT2D eigenvalue weighted by atomic mass is 32.2. The summed E-state index contributed by atoms with van der Waals surface area (Å²) >= 11 is 1.45. The van der Waals surface area contributed by atoms with Crippen molar-refractivity contribution in [3.63, 3.8) is 0 Å². The molecule has 0 aromatic heterocycles. The van der Waals surface area contributed by atoms with Gasteiger partial charge in [-0.2, -0.15) is 11.8 Å². The molecule has 0 bridgehead atoms. The van der Waals surface area contributed by atoms with Crippen molar-refractivity contribution in [2.75, 3.05) is 17.3 Å². The Bertz CT molecular complexity index is 471. The summed E-state index contributed by atoms with van der Waals surface area (Å²) in [5.74, 6) is -0.815. The van der Waals surface area contributed by atoms with Crippen molar-refractivity contribution in [3.8, 4) is 0 Å². The van der Waals surface area contributed by atoms with Gasteiger partial charge in [0, 0.05) is 5.75 Å². The first-order chi connectivity index (χ1) is 9.22. The van der Waals surface area contributed by atoms with Crippen LogP contribution in [0.4, 0.5) is 0 Å². The molecule has 1 aliphatic rings. The Morgan fingerprint density at radius 1 is 1.45 bits per heavy atom. The van der Waals surface area contributed by atoms with E-state index in [-0.39, 0.29) is 5.75 Å². The number of amides is 1. The third-order valence-electron chi connectivity index (χ3n) is 3.02. The minimum atomic E-state index is -3.51. The molecule has 3 N–H and O–H groups in total. The standard InChI is InChI=1S/C11H20N2O5S2/c1-3-6-20(17,18)13-8(2)9(14)12-11(10(15)16)4-5-19-7-11/h8,13H,3-7H2,1-2H3,(H,12,14)(H,15,16). The van der Waals surface area contributed by atoms with Gasteiger partial charge in [-0.15, -0.1) is 0 Å². The Balaban J connectivity index is 2.68. The number of nitrogens with one attached hydrogen (secondary N) is 2. The average molecular weight is 324 g/mol. The molecule has 1 aliphatic heterocycles. The molecule has 0 saturated carbocycles. The molecule has 0 radical (unpaired) electrons. The summed E-state index contributed by atoms with van der Waals surface area (Å²) in [6, 6.07) is -0.992. The number of sulfonamides is 1. The van der Waals surface area contributed by atoms with Crippen LogP contribution >= 0.6 is 11.8 Å². The number of rotatable bonds is 7. The van der Waals surface area contributed by atoms with E-state index in [1.54, 1.807) is 6.92 Å². The van der Waals surface area contributed by atoms with Crippen molar-refractivity contribution < 1.29 is 23.1 Å². The van der Waals surface area contributed by atoms with E-state index in [9.17, 15) is 23.1 Å². The Morgan fingerprint density at radius 2 is 2.10 bits per heavy atom. The zero-order valence-electron chi connectivity index (χ0n) is 11.5. The van der Waals surface area contributed by atoms with Crippen LogP contribution in [0.15, 0.2) is 0 Å². The van der Waals surface area contributed by atoms with Crippen molar-refractivity contribution >= 4 is 33.7 Å². The fourth-order valence-corrected chi connectivity index (χ4v) is 4.51. The summed E-state index contributed by atoms with van der Waals surface area (Å²) in [5.41, 5.74) is -1.29. The number of carbonyl (C=O) groups excluding carboxylic acids is 1. The molecule has 1 heterocycles. The number of thioether (sulfide) groups is 1. The second kappa shape index (κ2) is 6.77. The van der Waals surface area contributed by atoms with Gasteiger partial charge in [-0.25, -0.2) is 17.9 Å². The van der Waals surface area contributed by atoms with E-state index in [4.69, 9.17) is 0 Å². The molecule has 2 unspecified atom stereocenters. The summed E-state index contributed by atoms with van der Waals surface area (Å²) < 4.78 is 25.4. The van der Waals surface area contributed by atoms with E-state index in [0.29, 0.717) is 24.3 Å². The Kier molecular flexibility index (Phi) is 5.84. The minimum Gasteiger partial charge on any atom is -0.479 e. The third kappa shape index (κ3) is 4.35. The first-order valence-corrected chi connectivity index (χ1v) is 9.16. The molecule has 7 nitrogen and oxygen atoms in total. The number of carboxylic acids is 1. The van der Waals surface area contributed by atoms with Crippen LogP contribution in [0.2, 0.25) is 0 Å². The van der Waals surface area contributed by atoms with Gasteiger partial charge in [0.2, 0.25) is 15.9 Å². The molecule has 0 aromatic carbocycles. The molecule has 9 heteroatoms. The molecule has 1 fully saturated rings. The van der Waals surface area contributed by atoms with Crippen LogP contribution in [0, 0.1) is 0 Å². The molecular formula is C11H20N2O5S2. The summed E-state index contributed by atoms with van der Waals surface area (Å²) in [7, 11) is -3.51. The van der Waals surface area contributed by atoms with Crippen molar-refractivity contribution in [2.24, 2.45) is 0 Å². The Morgan fingerprint density at radius 3 is 2.55 bits per heavy atom. The molecule has 1 saturated heterocycles. The molecule has 2 atom stereocenters. The zero-order valence-corrected chi connectivity index (χ0v) is 13.1. The van der Waals surface area contributed by atoms with Gasteiger partial charge >= 0.3 is 5.97 Å². The molecule has 0 aromatic rings. The number of carboxylic acid groups (broad SMARTS) is 1. The first-order valence-electron chi connectivity index (χ1n) is 6.35. The fraction of sp³-hybridized carbons (Fsp3) is 0.818. The van der Waals surface area contributed by atoms with Gasteiger partial charge in [-0.1, -0.05) is 6.92 Å². The summed E-state index contributed by atoms with van der Waals surface area (Å²) in [5, 5.41) is 11.7. The van der Waals surface area contributed by atoms with Crippen LogP contribution in [0.1, 0.15) is 26.7 Å². The lowest BCUT2D eigenvalue weighted by Gasteiger charge is -2.26. The van der Waals surface area contributed by atoms with Gasteiger partial charge in [0.1, 0.15) is 5.54 Å². The van der Waals surface area contributed by atoms with E-state index >= 15 is 0 Å². The Hall–Kier alpha value is -0.800. The van der Waals surface area contributed by atoms with E-state index in [2.05, 4.69) is 10.0 Å². The van der Waals surface area contributed by atoms with Gasteiger partial charge < -0.3 is 10.4 Å². The van der Waals surface area contributed by atoms with Crippen molar-refractivity contribution in [3.05, 3.63) is 0 Å². The third-order valence-corrected chi connectivity index (χ3v) is 5.86. The van der Waals surface area contributed by atoms with Crippen LogP contribution in [0.25, 0.3) is 0 Å². The van der Waals surface area contributed by atoms with E-state index in [0.717, 1.165) is 0 Å². The van der Waals surface area contributed by atoms with E-state index in [1.165, 1.54) is 18.7 Å². The lowest BCUT2D eigenvalue weighted by molar-refractivity contribution is -0.146. The van der Waals surface area contributed by atoms with Crippen molar-refractivity contribution in [1.82, 2.24) is 10.0 Å². The van der Waals surface area contributed by atoms with Crippen LogP contribution in [0.3, 0.4) is 0 Å². The van der Waals surface area contributed by atoms with Crippen LogP contribution in [0.5, 0.6) is 0 Å². The van der Waals surface area contributed by atoms with Crippen molar-refractivity contribution in [2.45, 2.75) is 38.3 Å². The normalized spacial score (nSPS) is 24.3. The van der Waals surface area contributed by atoms with Crippen LogP contribution in [-0.4, -0.2) is 54.2 Å². The van der Waals surface area contributed by atoms with Gasteiger partial charge in [0.05, 0.1) is 11.8 Å². The Labute approximate surface area is 122 Å². The SMILES string of the molecule is CCCS(=O)(=O)NC(C)C(=O)NC1(C(=O)O)CCSC1. The molecular weight excluding hydrogens is 304 g/mol. The first kappa shape index (κ1) is 17.3. The van der Waals surface area contributed by atoms with E-state index in [1.807, 2.05) is 0 Å². The lowest BCUT2D eigenvalue weighted by atomic mass is 9.99. The minimum absolute atomic E-state index is 0.0649. The summed E-state index contributed by atoms with van der Waals surface area (Å²) in [6.45, 7) is 3.12. The number of aliphatic carboxylic acids is 1. The summed E-state index contributed by atoms with van der Waals surface area (Å²) in [6.07, 6.45) is 0.784. The monoisotopic (exact) mass is 324 g/mol. The molecule has 1 amide bonds. The molecule has 0 spiro atoms. The highest BCUT2D eigenvalue weighted by Gasteiger charge is 2.44. The number of hydrogen-bond donors (Lipinski definition) is 3. The molecule has 1 rings (SSSR count). The topological polar surface area (TPSA) is 113 Å². The maximum absolute atomic E-state index is 12.0. The predicted octanol–water partition coefficient (Wildman–Crippen LogP) is -0.219. The molecule has 0 aliphatic carbocycles. The predicted molar refractivity (Wildman–Crippen MR) is 77.1 cm³/mol. The van der Waals surface area contributed by atoms with Gasteiger partial charge in [0.25, 0.3) is 0 Å². The number of carbonyl (C=O) groups is 2.